The van der Waals surface area contributed by atoms with Crippen molar-refractivity contribution in [3.8, 4) is 11.4 Å². The van der Waals surface area contributed by atoms with Crippen molar-refractivity contribution in [3.63, 3.8) is 0 Å². The van der Waals surface area contributed by atoms with Gasteiger partial charge in [0.25, 0.3) is 0 Å². The van der Waals surface area contributed by atoms with E-state index in [9.17, 15) is 18.0 Å². The third-order valence-corrected chi connectivity index (χ3v) is 5.96. The molecule has 0 radical (unpaired) electrons. The van der Waals surface area contributed by atoms with Crippen molar-refractivity contribution in [3.05, 3.63) is 52.7 Å². The minimum absolute atomic E-state index is 0.0886. The molecule has 4 heterocycles. The van der Waals surface area contributed by atoms with Crippen LogP contribution in [-0.4, -0.2) is 39.0 Å². The number of hydrogen-bond acceptors (Lipinski definition) is 5. The molecule has 0 N–H and O–H groups in total. The van der Waals surface area contributed by atoms with Crippen LogP contribution in [0.4, 0.5) is 24.7 Å². The van der Waals surface area contributed by atoms with Gasteiger partial charge >= 0.3 is 6.18 Å². The SMILES string of the molecule is CN1C(=O)CN(Cc2ccc3c(c2)CCCn2cc(C(F)(F)F)nc2-3)c2nc(Cl)ncc21. The molecule has 1 amide bonds. The fourth-order valence-corrected chi connectivity index (χ4v) is 4.32. The fraction of sp³-hybridized carbons (Fsp3) is 0.333. The number of hydrogen-bond donors (Lipinski definition) is 0. The first-order chi connectivity index (χ1) is 15.2. The summed E-state index contributed by atoms with van der Waals surface area (Å²) in [6.45, 7) is 1.00. The molecule has 11 heteroatoms. The zero-order chi connectivity index (χ0) is 22.6. The summed E-state index contributed by atoms with van der Waals surface area (Å²) in [5.41, 5.74) is 2.23. The Hall–Kier alpha value is -3.14. The molecule has 32 heavy (non-hydrogen) atoms. The number of nitrogens with zero attached hydrogens (tertiary/aromatic N) is 6. The van der Waals surface area contributed by atoms with Gasteiger partial charge in [0.2, 0.25) is 11.2 Å². The lowest BCUT2D eigenvalue weighted by Crippen LogP contribution is -2.44. The number of fused-ring (bicyclic) bond motifs is 4. The Bertz CT molecular complexity index is 1220. The minimum atomic E-state index is -4.48. The van der Waals surface area contributed by atoms with Crippen molar-refractivity contribution < 1.29 is 18.0 Å². The molecule has 0 atom stereocenters. The van der Waals surface area contributed by atoms with Crippen molar-refractivity contribution in [1.82, 2.24) is 19.5 Å². The monoisotopic (exact) mass is 462 g/mol. The third-order valence-electron chi connectivity index (χ3n) is 5.78. The van der Waals surface area contributed by atoms with Crippen LogP contribution in [0.3, 0.4) is 0 Å². The average molecular weight is 463 g/mol. The highest BCUT2D eigenvalue weighted by atomic mass is 35.5. The Morgan fingerprint density at radius 1 is 1.22 bits per heavy atom. The van der Waals surface area contributed by atoms with E-state index in [0.29, 0.717) is 42.4 Å². The van der Waals surface area contributed by atoms with Crippen molar-refractivity contribution in [2.75, 3.05) is 23.4 Å². The topological polar surface area (TPSA) is 67.2 Å². The van der Waals surface area contributed by atoms with E-state index in [1.54, 1.807) is 17.7 Å². The molecule has 5 rings (SSSR count). The summed E-state index contributed by atoms with van der Waals surface area (Å²) in [7, 11) is 1.66. The predicted molar refractivity (Wildman–Crippen MR) is 112 cm³/mol. The molecule has 2 aromatic heterocycles. The molecule has 7 nitrogen and oxygen atoms in total. The van der Waals surface area contributed by atoms with Gasteiger partial charge in [-0.15, -0.1) is 0 Å². The summed E-state index contributed by atoms with van der Waals surface area (Å²) in [4.78, 5) is 27.9. The summed E-state index contributed by atoms with van der Waals surface area (Å²) in [5.74, 6) is 0.795. The number of aryl methyl sites for hydroxylation is 2. The minimum Gasteiger partial charge on any atom is -0.341 e. The highest BCUT2D eigenvalue weighted by Gasteiger charge is 2.35. The molecule has 0 bridgehead atoms. The third kappa shape index (κ3) is 3.58. The molecule has 2 aliphatic heterocycles. The zero-order valence-electron chi connectivity index (χ0n) is 17.0. The van der Waals surface area contributed by atoms with E-state index in [1.807, 2.05) is 17.0 Å². The summed E-state index contributed by atoms with van der Waals surface area (Å²) >= 11 is 5.98. The van der Waals surface area contributed by atoms with Crippen LogP contribution in [0.25, 0.3) is 11.4 Å². The number of benzene rings is 1. The number of likely N-dealkylation sites (N-methyl/N-ethyl adjacent to an activating group) is 1. The van der Waals surface area contributed by atoms with Crippen LogP contribution in [0.15, 0.2) is 30.6 Å². The molecule has 3 aromatic rings. The molecule has 1 aromatic carbocycles. The van der Waals surface area contributed by atoms with E-state index in [1.165, 1.54) is 11.1 Å². The van der Waals surface area contributed by atoms with Crippen molar-refractivity contribution in [2.45, 2.75) is 32.1 Å². The van der Waals surface area contributed by atoms with Crippen LogP contribution in [0, 0.1) is 0 Å². The number of amides is 1. The summed E-state index contributed by atoms with van der Waals surface area (Å²) < 4.78 is 41.0. The molecule has 166 valence electrons. The molecule has 0 saturated carbocycles. The first-order valence-corrected chi connectivity index (χ1v) is 10.4. The highest BCUT2D eigenvalue weighted by Crippen LogP contribution is 2.36. The number of alkyl halides is 3. The number of halogens is 4. The summed E-state index contributed by atoms with van der Waals surface area (Å²) in [6, 6.07) is 5.63. The number of carbonyl (C=O) groups excluding carboxylic acids is 1. The first kappa shape index (κ1) is 20.7. The van der Waals surface area contributed by atoms with Crippen molar-refractivity contribution in [2.24, 2.45) is 0 Å². The Morgan fingerprint density at radius 3 is 2.81 bits per heavy atom. The second kappa shape index (κ2) is 7.47. The van der Waals surface area contributed by atoms with Gasteiger partial charge < -0.3 is 14.4 Å². The lowest BCUT2D eigenvalue weighted by molar-refractivity contribution is -0.140. The van der Waals surface area contributed by atoms with Crippen LogP contribution in [-0.2, 0) is 30.5 Å². The van der Waals surface area contributed by atoms with Gasteiger partial charge in [0.05, 0.1) is 12.7 Å². The van der Waals surface area contributed by atoms with Crippen LogP contribution >= 0.6 is 11.6 Å². The molecular weight excluding hydrogens is 445 g/mol. The Labute approximate surface area is 186 Å². The molecule has 0 unspecified atom stereocenters. The van der Waals surface area contributed by atoms with Crippen molar-refractivity contribution in [1.29, 1.82) is 0 Å². The average Bonchev–Trinajstić information content (AvgIpc) is 3.09. The van der Waals surface area contributed by atoms with E-state index in [2.05, 4.69) is 15.0 Å². The molecule has 0 fully saturated rings. The maximum Gasteiger partial charge on any atom is 0.434 e. The van der Waals surface area contributed by atoms with Crippen LogP contribution < -0.4 is 9.80 Å². The van der Waals surface area contributed by atoms with E-state index in [4.69, 9.17) is 11.6 Å². The van der Waals surface area contributed by atoms with Gasteiger partial charge in [-0.3, -0.25) is 4.79 Å². The van der Waals surface area contributed by atoms with Gasteiger partial charge in [-0.2, -0.15) is 18.2 Å². The molecular formula is C21H18ClF3N6O. The maximum atomic E-state index is 13.2. The lowest BCUT2D eigenvalue weighted by atomic mass is 10.00. The largest absolute Gasteiger partial charge is 0.434 e. The quantitative estimate of drug-likeness (QED) is 0.540. The Balaban J connectivity index is 1.49. The molecule has 0 spiro atoms. The fourth-order valence-electron chi connectivity index (χ4n) is 4.19. The number of aromatic nitrogens is 4. The highest BCUT2D eigenvalue weighted by molar-refractivity contribution is 6.28. The Kier molecular flexibility index (Phi) is 4.85. The second-order valence-corrected chi connectivity index (χ2v) is 8.23. The normalized spacial score (nSPS) is 15.8. The van der Waals surface area contributed by atoms with Gasteiger partial charge in [0, 0.05) is 31.9 Å². The lowest BCUT2D eigenvalue weighted by Gasteiger charge is -2.34. The second-order valence-electron chi connectivity index (χ2n) is 7.89. The van der Waals surface area contributed by atoms with Gasteiger partial charge in [-0.25, -0.2) is 9.97 Å². The van der Waals surface area contributed by atoms with Gasteiger partial charge in [0.1, 0.15) is 11.5 Å². The zero-order valence-corrected chi connectivity index (χ0v) is 17.8. The number of rotatable bonds is 2. The van der Waals surface area contributed by atoms with Crippen molar-refractivity contribution >= 4 is 29.0 Å². The van der Waals surface area contributed by atoms with E-state index in [0.717, 1.165) is 23.7 Å². The van der Waals surface area contributed by atoms with Crippen LogP contribution in [0.2, 0.25) is 5.28 Å². The summed E-state index contributed by atoms with van der Waals surface area (Å²) in [6.07, 6.45) is -0.460. The molecule has 2 aliphatic rings. The van der Waals surface area contributed by atoms with E-state index in [-0.39, 0.29) is 17.7 Å². The number of carbonyl (C=O) groups is 1. The molecule has 0 saturated heterocycles. The van der Waals surface area contributed by atoms with Gasteiger partial charge in [-0.05, 0) is 35.6 Å². The van der Waals surface area contributed by atoms with Gasteiger partial charge in [-0.1, -0.05) is 18.2 Å². The molecule has 0 aliphatic carbocycles. The maximum absolute atomic E-state index is 13.2. The van der Waals surface area contributed by atoms with Crippen LogP contribution in [0.1, 0.15) is 23.2 Å². The predicted octanol–water partition coefficient (Wildman–Crippen LogP) is 3.94. The number of anilines is 2. The smallest absolute Gasteiger partial charge is 0.341 e. The van der Waals surface area contributed by atoms with Gasteiger partial charge in [0.15, 0.2) is 11.5 Å². The Morgan fingerprint density at radius 2 is 2.03 bits per heavy atom. The first-order valence-electron chi connectivity index (χ1n) is 10.0. The van der Waals surface area contributed by atoms with Crippen LogP contribution in [0.5, 0.6) is 0 Å². The number of imidazole rings is 1. The van der Waals surface area contributed by atoms with E-state index < -0.39 is 11.9 Å². The summed E-state index contributed by atoms with van der Waals surface area (Å²) in [5, 5.41) is 0.0886. The standard InChI is InChI=1S/C21H18ClF3N6O/c1-29-15-8-26-20(22)28-19(15)31(11-17(29)32)9-12-4-5-14-13(7-12)3-2-6-30-10-16(21(23,24)25)27-18(14)30/h4-5,7-8,10H,2-3,6,9,11H2,1H3. The van der Waals surface area contributed by atoms with E-state index >= 15 is 0 Å².